The van der Waals surface area contributed by atoms with Crippen molar-refractivity contribution in [2.24, 2.45) is 0 Å². The van der Waals surface area contributed by atoms with Crippen molar-refractivity contribution in [3.8, 4) is 0 Å². The lowest BCUT2D eigenvalue weighted by atomic mass is 10.1. The molecule has 2 rings (SSSR count). The normalized spacial score (nSPS) is 26.7. The third kappa shape index (κ3) is 2.54. The number of halogens is 2. The molecule has 1 saturated heterocycles. The summed E-state index contributed by atoms with van der Waals surface area (Å²) < 4.78 is 14.1. The van der Waals surface area contributed by atoms with E-state index in [1.807, 2.05) is 12.1 Å². The van der Waals surface area contributed by atoms with Gasteiger partial charge < -0.3 is 10.0 Å². The van der Waals surface area contributed by atoms with Crippen molar-refractivity contribution in [2.45, 2.75) is 18.7 Å². The molecule has 0 bridgehead atoms. The SMILES string of the molecule is O[C@@H]1CCN(c2ccc(I)nn2)C[C@H]1F. The molecule has 4 nitrogen and oxygen atoms in total. The Kier molecular flexibility index (Phi) is 3.35. The molecule has 0 aromatic carbocycles. The van der Waals surface area contributed by atoms with Gasteiger partial charge in [0.25, 0.3) is 0 Å². The summed E-state index contributed by atoms with van der Waals surface area (Å²) in [5.41, 5.74) is 0. The molecular formula is C9H11FIN3O. The molecule has 1 N–H and O–H groups in total. The van der Waals surface area contributed by atoms with Gasteiger partial charge in [-0.25, -0.2) is 4.39 Å². The van der Waals surface area contributed by atoms with Crippen molar-refractivity contribution in [2.75, 3.05) is 18.0 Å². The summed E-state index contributed by atoms with van der Waals surface area (Å²) in [5, 5.41) is 17.1. The number of aliphatic hydroxyl groups is 1. The molecule has 6 heteroatoms. The molecule has 82 valence electrons. The molecule has 0 radical (unpaired) electrons. The quantitative estimate of drug-likeness (QED) is 0.783. The van der Waals surface area contributed by atoms with Gasteiger partial charge in [-0.3, -0.25) is 0 Å². The minimum absolute atomic E-state index is 0.191. The third-order valence-electron chi connectivity index (χ3n) is 2.45. The minimum Gasteiger partial charge on any atom is -0.390 e. The van der Waals surface area contributed by atoms with Crippen LogP contribution in [0.25, 0.3) is 0 Å². The average Bonchev–Trinajstić information content (AvgIpc) is 2.23. The summed E-state index contributed by atoms with van der Waals surface area (Å²) in [6, 6.07) is 3.65. The summed E-state index contributed by atoms with van der Waals surface area (Å²) in [4.78, 5) is 1.81. The molecule has 1 aromatic heterocycles. The standard InChI is InChI=1S/C9H11FIN3O/c10-6-5-14(4-3-7(6)15)9-2-1-8(11)12-13-9/h1-2,6-7,15H,3-5H2/t6-,7-/m1/s1. The second-order valence-electron chi connectivity index (χ2n) is 3.53. The predicted octanol–water partition coefficient (Wildman–Crippen LogP) is 0.990. The largest absolute Gasteiger partial charge is 0.390 e. The van der Waals surface area contributed by atoms with Crippen LogP contribution in [0.4, 0.5) is 10.2 Å². The maximum absolute atomic E-state index is 13.3. The highest BCUT2D eigenvalue weighted by Gasteiger charge is 2.28. The molecule has 0 unspecified atom stereocenters. The zero-order chi connectivity index (χ0) is 10.8. The molecule has 2 heterocycles. The van der Waals surface area contributed by atoms with Crippen LogP contribution in [-0.4, -0.2) is 40.7 Å². The number of anilines is 1. The van der Waals surface area contributed by atoms with E-state index in [4.69, 9.17) is 0 Å². The molecular weight excluding hydrogens is 312 g/mol. The number of nitrogens with zero attached hydrogens (tertiary/aromatic N) is 3. The van der Waals surface area contributed by atoms with Gasteiger partial charge in [-0.05, 0) is 41.1 Å². The topological polar surface area (TPSA) is 49.2 Å². The van der Waals surface area contributed by atoms with Gasteiger partial charge in [0.2, 0.25) is 0 Å². The highest BCUT2D eigenvalue weighted by Crippen LogP contribution is 2.19. The second kappa shape index (κ2) is 4.56. The van der Waals surface area contributed by atoms with Crippen LogP contribution in [0.3, 0.4) is 0 Å². The number of aliphatic hydroxyl groups excluding tert-OH is 1. The molecule has 1 aliphatic rings. The van der Waals surface area contributed by atoms with Gasteiger partial charge in [0, 0.05) is 6.54 Å². The van der Waals surface area contributed by atoms with E-state index in [1.54, 1.807) is 4.90 Å². The molecule has 0 aliphatic carbocycles. The third-order valence-corrected chi connectivity index (χ3v) is 3.02. The number of piperidine rings is 1. The summed E-state index contributed by atoms with van der Waals surface area (Å²) in [5.74, 6) is 0.671. The first-order chi connectivity index (χ1) is 7.16. The second-order valence-corrected chi connectivity index (χ2v) is 4.64. The van der Waals surface area contributed by atoms with Crippen LogP contribution < -0.4 is 4.90 Å². The number of hydrogen-bond acceptors (Lipinski definition) is 4. The average molecular weight is 323 g/mol. The van der Waals surface area contributed by atoms with Gasteiger partial charge in [0.15, 0.2) is 5.82 Å². The highest BCUT2D eigenvalue weighted by atomic mass is 127. The lowest BCUT2D eigenvalue weighted by Crippen LogP contribution is -2.45. The molecule has 1 aromatic rings. The number of aromatic nitrogens is 2. The van der Waals surface area contributed by atoms with E-state index in [1.165, 1.54) is 0 Å². The van der Waals surface area contributed by atoms with E-state index >= 15 is 0 Å². The van der Waals surface area contributed by atoms with Gasteiger partial charge in [-0.2, -0.15) is 0 Å². The van der Waals surface area contributed by atoms with E-state index in [0.717, 1.165) is 3.70 Å². The van der Waals surface area contributed by atoms with Crippen molar-refractivity contribution >= 4 is 28.4 Å². The zero-order valence-electron chi connectivity index (χ0n) is 7.98. The maximum Gasteiger partial charge on any atom is 0.151 e. The minimum atomic E-state index is -1.19. The van der Waals surface area contributed by atoms with E-state index in [2.05, 4.69) is 32.8 Å². The van der Waals surface area contributed by atoms with E-state index in [0.29, 0.717) is 18.8 Å². The van der Waals surface area contributed by atoms with Gasteiger partial charge in [-0.1, -0.05) is 0 Å². The first kappa shape index (κ1) is 11.0. The molecule has 0 amide bonds. The molecule has 0 saturated carbocycles. The maximum atomic E-state index is 13.3. The van der Waals surface area contributed by atoms with Crippen LogP contribution in [-0.2, 0) is 0 Å². The Morgan fingerprint density at radius 3 is 2.87 bits per heavy atom. The highest BCUT2D eigenvalue weighted by molar-refractivity contribution is 14.1. The summed E-state index contributed by atoms with van der Waals surface area (Å²) in [7, 11) is 0. The van der Waals surface area contributed by atoms with Gasteiger partial charge in [0.05, 0.1) is 12.6 Å². The van der Waals surface area contributed by atoms with Crippen molar-refractivity contribution < 1.29 is 9.50 Å². The zero-order valence-corrected chi connectivity index (χ0v) is 10.1. The van der Waals surface area contributed by atoms with Gasteiger partial charge >= 0.3 is 0 Å². The lowest BCUT2D eigenvalue weighted by molar-refractivity contribution is 0.0613. The van der Waals surface area contributed by atoms with E-state index in [-0.39, 0.29) is 6.54 Å². The van der Waals surface area contributed by atoms with Crippen molar-refractivity contribution in [1.82, 2.24) is 10.2 Å². The van der Waals surface area contributed by atoms with Gasteiger partial charge in [-0.15, -0.1) is 10.2 Å². The Balaban J connectivity index is 2.08. The van der Waals surface area contributed by atoms with Gasteiger partial charge in [0.1, 0.15) is 9.87 Å². The number of alkyl halides is 1. The fourth-order valence-electron chi connectivity index (χ4n) is 1.58. The first-order valence-electron chi connectivity index (χ1n) is 4.73. The van der Waals surface area contributed by atoms with E-state index in [9.17, 15) is 9.50 Å². The number of rotatable bonds is 1. The molecule has 0 spiro atoms. The Hall–Kier alpha value is -0.500. The fourth-order valence-corrected chi connectivity index (χ4v) is 1.87. The van der Waals surface area contributed by atoms with Crippen LogP contribution in [0.5, 0.6) is 0 Å². The van der Waals surface area contributed by atoms with Crippen LogP contribution >= 0.6 is 22.6 Å². The van der Waals surface area contributed by atoms with Crippen molar-refractivity contribution in [3.05, 3.63) is 15.8 Å². The Bertz CT molecular complexity index is 335. The molecule has 1 fully saturated rings. The number of hydrogen-bond donors (Lipinski definition) is 1. The summed E-state index contributed by atoms with van der Waals surface area (Å²) in [6.45, 7) is 0.813. The van der Waals surface area contributed by atoms with Crippen LogP contribution in [0.2, 0.25) is 0 Å². The van der Waals surface area contributed by atoms with Crippen LogP contribution in [0, 0.1) is 3.70 Å². The van der Waals surface area contributed by atoms with E-state index < -0.39 is 12.3 Å². The molecule has 15 heavy (non-hydrogen) atoms. The Morgan fingerprint density at radius 2 is 2.27 bits per heavy atom. The fraction of sp³-hybridized carbons (Fsp3) is 0.556. The smallest absolute Gasteiger partial charge is 0.151 e. The predicted molar refractivity (Wildman–Crippen MR) is 62.5 cm³/mol. The lowest BCUT2D eigenvalue weighted by Gasteiger charge is -2.32. The van der Waals surface area contributed by atoms with Crippen LogP contribution in [0.15, 0.2) is 12.1 Å². The first-order valence-corrected chi connectivity index (χ1v) is 5.81. The Morgan fingerprint density at radius 1 is 1.47 bits per heavy atom. The Labute approximate surface area is 101 Å². The van der Waals surface area contributed by atoms with Crippen molar-refractivity contribution in [3.63, 3.8) is 0 Å². The summed E-state index contributed by atoms with van der Waals surface area (Å²) >= 11 is 2.07. The van der Waals surface area contributed by atoms with Crippen molar-refractivity contribution in [1.29, 1.82) is 0 Å². The summed E-state index contributed by atoms with van der Waals surface area (Å²) in [6.07, 6.45) is -1.59. The monoisotopic (exact) mass is 323 g/mol. The van der Waals surface area contributed by atoms with Crippen LogP contribution in [0.1, 0.15) is 6.42 Å². The molecule has 2 atom stereocenters. The molecule has 1 aliphatic heterocycles.